The summed E-state index contributed by atoms with van der Waals surface area (Å²) in [5, 5.41) is 16.4. The second-order valence-electron chi connectivity index (χ2n) is 4.01. The van der Waals surface area contributed by atoms with Crippen LogP contribution in [0.1, 0.15) is 0 Å². The summed E-state index contributed by atoms with van der Waals surface area (Å²) in [4.78, 5) is 22.0. The highest BCUT2D eigenvalue weighted by Gasteiger charge is 2.12. The first-order valence-electron chi connectivity index (χ1n) is 5.73. The molecule has 21 heavy (non-hydrogen) atoms. The molecule has 0 bridgehead atoms. The van der Waals surface area contributed by atoms with Crippen molar-refractivity contribution in [3.8, 4) is 0 Å². The van der Waals surface area contributed by atoms with Crippen molar-refractivity contribution < 1.29 is 9.72 Å². The third-order valence-corrected chi connectivity index (χ3v) is 3.06. The van der Waals surface area contributed by atoms with Gasteiger partial charge >= 0.3 is 6.03 Å². The van der Waals surface area contributed by atoms with Gasteiger partial charge in [-0.3, -0.25) is 10.1 Å². The highest BCUT2D eigenvalue weighted by Crippen LogP contribution is 2.26. The number of anilines is 2. The van der Waals surface area contributed by atoms with Crippen molar-refractivity contribution in [1.82, 2.24) is 0 Å². The van der Waals surface area contributed by atoms with Crippen LogP contribution in [0.15, 0.2) is 42.5 Å². The lowest BCUT2D eigenvalue weighted by Crippen LogP contribution is -2.19. The van der Waals surface area contributed by atoms with E-state index < -0.39 is 11.0 Å². The van der Waals surface area contributed by atoms with Crippen molar-refractivity contribution in [1.29, 1.82) is 0 Å². The SMILES string of the molecule is O=C(Nc1cccc(Cl)c1)Nc1cc([N+](=O)[O-])ccc1Cl. The number of rotatable bonds is 3. The zero-order valence-electron chi connectivity index (χ0n) is 10.5. The number of urea groups is 1. The predicted octanol–water partition coefficient (Wildman–Crippen LogP) is 4.55. The standard InChI is InChI=1S/C13H9Cl2N3O3/c14-8-2-1-3-9(6-8)16-13(19)17-12-7-10(18(20)21)4-5-11(12)15/h1-7H,(H2,16,17,19). The molecule has 108 valence electrons. The number of hydrogen-bond acceptors (Lipinski definition) is 3. The number of carbonyl (C=O) groups is 1. The first-order chi connectivity index (χ1) is 9.95. The van der Waals surface area contributed by atoms with E-state index in [0.29, 0.717) is 10.7 Å². The molecule has 0 saturated carbocycles. The molecule has 0 atom stereocenters. The van der Waals surface area contributed by atoms with Crippen molar-refractivity contribution in [2.24, 2.45) is 0 Å². The first kappa shape index (κ1) is 15.1. The van der Waals surface area contributed by atoms with Crippen molar-refractivity contribution in [3.05, 3.63) is 62.6 Å². The van der Waals surface area contributed by atoms with Gasteiger partial charge in [0.15, 0.2) is 0 Å². The van der Waals surface area contributed by atoms with Gasteiger partial charge in [0, 0.05) is 22.8 Å². The van der Waals surface area contributed by atoms with E-state index in [1.54, 1.807) is 24.3 Å². The number of halogens is 2. The van der Waals surface area contributed by atoms with E-state index >= 15 is 0 Å². The zero-order valence-corrected chi connectivity index (χ0v) is 12.0. The van der Waals surface area contributed by atoms with Crippen LogP contribution in [-0.4, -0.2) is 11.0 Å². The minimum Gasteiger partial charge on any atom is -0.308 e. The van der Waals surface area contributed by atoms with Crippen LogP contribution in [0.3, 0.4) is 0 Å². The van der Waals surface area contributed by atoms with Crippen molar-refractivity contribution in [2.75, 3.05) is 10.6 Å². The smallest absolute Gasteiger partial charge is 0.308 e. The molecule has 0 aliphatic heterocycles. The van der Waals surface area contributed by atoms with Gasteiger partial charge in [0.1, 0.15) is 0 Å². The average Bonchev–Trinajstić information content (AvgIpc) is 2.41. The third kappa shape index (κ3) is 4.08. The van der Waals surface area contributed by atoms with Crippen LogP contribution in [-0.2, 0) is 0 Å². The van der Waals surface area contributed by atoms with Crippen LogP contribution in [0, 0.1) is 10.1 Å². The molecule has 0 aromatic heterocycles. The molecule has 2 amide bonds. The summed E-state index contributed by atoms with van der Waals surface area (Å²) in [6.07, 6.45) is 0. The summed E-state index contributed by atoms with van der Waals surface area (Å²) in [5.41, 5.74) is 0.462. The van der Waals surface area contributed by atoms with E-state index in [1.165, 1.54) is 18.2 Å². The van der Waals surface area contributed by atoms with Crippen molar-refractivity contribution in [3.63, 3.8) is 0 Å². The molecule has 2 aromatic carbocycles. The highest BCUT2D eigenvalue weighted by molar-refractivity contribution is 6.34. The molecular formula is C13H9Cl2N3O3. The van der Waals surface area contributed by atoms with Crippen LogP contribution in [0.25, 0.3) is 0 Å². The fraction of sp³-hybridized carbons (Fsp3) is 0. The van der Waals surface area contributed by atoms with Gasteiger partial charge in [0.25, 0.3) is 5.69 Å². The number of nitrogens with zero attached hydrogens (tertiary/aromatic N) is 1. The Morgan fingerprint density at radius 3 is 2.52 bits per heavy atom. The summed E-state index contributed by atoms with van der Waals surface area (Å²) in [7, 11) is 0. The number of benzene rings is 2. The topological polar surface area (TPSA) is 84.3 Å². The molecule has 0 spiro atoms. The Morgan fingerprint density at radius 2 is 1.86 bits per heavy atom. The average molecular weight is 326 g/mol. The molecule has 2 rings (SSSR count). The van der Waals surface area contributed by atoms with Gasteiger partial charge in [-0.15, -0.1) is 0 Å². The quantitative estimate of drug-likeness (QED) is 0.641. The maximum Gasteiger partial charge on any atom is 0.323 e. The number of hydrogen-bond donors (Lipinski definition) is 2. The Bertz CT molecular complexity index is 707. The highest BCUT2D eigenvalue weighted by atomic mass is 35.5. The Kier molecular flexibility index (Phi) is 4.62. The minimum absolute atomic E-state index is 0.144. The van der Waals surface area contributed by atoms with Crippen LogP contribution in [0.5, 0.6) is 0 Å². The minimum atomic E-state index is -0.584. The Morgan fingerprint density at radius 1 is 1.10 bits per heavy atom. The van der Waals surface area contributed by atoms with Crippen LogP contribution in [0.4, 0.5) is 21.9 Å². The van der Waals surface area contributed by atoms with Gasteiger partial charge < -0.3 is 10.6 Å². The Labute approximate surface area is 129 Å². The molecular weight excluding hydrogens is 317 g/mol. The summed E-state index contributed by atoms with van der Waals surface area (Å²) >= 11 is 11.7. The normalized spacial score (nSPS) is 10.0. The molecule has 0 radical (unpaired) electrons. The molecule has 0 saturated heterocycles. The molecule has 0 aliphatic rings. The van der Waals surface area contributed by atoms with Gasteiger partial charge in [-0.25, -0.2) is 4.79 Å². The molecule has 2 aromatic rings. The maximum atomic E-state index is 11.8. The number of non-ortho nitro benzene ring substituents is 1. The fourth-order valence-corrected chi connectivity index (χ4v) is 1.93. The molecule has 2 N–H and O–H groups in total. The van der Waals surface area contributed by atoms with Crippen LogP contribution in [0.2, 0.25) is 10.0 Å². The van der Waals surface area contributed by atoms with E-state index in [2.05, 4.69) is 10.6 Å². The third-order valence-electron chi connectivity index (χ3n) is 2.49. The van der Waals surface area contributed by atoms with E-state index in [0.717, 1.165) is 0 Å². The summed E-state index contributed by atoms with van der Waals surface area (Å²) in [6, 6.07) is 9.76. The van der Waals surface area contributed by atoms with Gasteiger partial charge in [-0.05, 0) is 24.3 Å². The number of carbonyl (C=O) groups excluding carboxylic acids is 1. The molecule has 0 unspecified atom stereocenters. The number of nitro groups is 1. The monoisotopic (exact) mass is 325 g/mol. The van der Waals surface area contributed by atoms with Gasteiger partial charge in [-0.2, -0.15) is 0 Å². The number of amides is 2. The maximum absolute atomic E-state index is 11.8. The van der Waals surface area contributed by atoms with E-state index in [4.69, 9.17) is 23.2 Å². The first-order valence-corrected chi connectivity index (χ1v) is 6.49. The van der Waals surface area contributed by atoms with Gasteiger partial charge in [0.05, 0.1) is 15.6 Å². The Balaban J connectivity index is 2.12. The number of nitrogens with one attached hydrogen (secondary N) is 2. The second-order valence-corrected chi connectivity index (χ2v) is 4.85. The summed E-state index contributed by atoms with van der Waals surface area (Å²) < 4.78 is 0. The number of nitro benzene ring substituents is 1. The van der Waals surface area contributed by atoms with Gasteiger partial charge in [0.2, 0.25) is 0 Å². The second kappa shape index (κ2) is 6.43. The lowest BCUT2D eigenvalue weighted by molar-refractivity contribution is -0.384. The molecule has 0 heterocycles. The van der Waals surface area contributed by atoms with E-state index in [-0.39, 0.29) is 16.4 Å². The Hall–Kier alpha value is -2.31. The largest absolute Gasteiger partial charge is 0.323 e. The molecule has 0 fully saturated rings. The summed E-state index contributed by atoms with van der Waals surface area (Å²) in [5.74, 6) is 0. The van der Waals surface area contributed by atoms with E-state index in [9.17, 15) is 14.9 Å². The van der Waals surface area contributed by atoms with Gasteiger partial charge in [-0.1, -0.05) is 29.3 Å². The van der Waals surface area contributed by atoms with Crippen molar-refractivity contribution >= 4 is 46.3 Å². The summed E-state index contributed by atoms with van der Waals surface area (Å²) in [6.45, 7) is 0. The zero-order chi connectivity index (χ0) is 15.4. The predicted molar refractivity (Wildman–Crippen MR) is 82.2 cm³/mol. The molecule has 8 heteroatoms. The molecule has 0 aliphatic carbocycles. The van der Waals surface area contributed by atoms with Crippen LogP contribution < -0.4 is 10.6 Å². The van der Waals surface area contributed by atoms with E-state index in [1.807, 2.05) is 0 Å². The fourth-order valence-electron chi connectivity index (χ4n) is 1.57. The van der Waals surface area contributed by atoms with Crippen molar-refractivity contribution in [2.45, 2.75) is 0 Å². The van der Waals surface area contributed by atoms with Crippen LogP contribution >= 0.6 is 23.2 Å². The lowest BCUT2D eigenvalue weighted by atomic mass is 10.3. The molecule has 6 nitrogen and oxygen atoms in total. The lowest BCUT2D eigenvalue weighted by Gasteiger charge is -2.09.